The molecule has 0 saturated heterocycles. The molecule has 78 valence electrons. The van der Waals surface area contributed by atoms with Crippen LogP contribution in [0.5, 0.6) is 0 Å². The Balaban J connectivity index is 2.11. The van der Waals surface area contributed by atoms with E-state index in [9.17, 15) is 5.26 Å². The van der Waals surface area contributed by atoms with Gasteiger partial charge in [0.1, 0.15) is 5.54 Å². The molecule has 2 saturated carbocycles. The van der Waals surface area contributed by atoms with Crippen LogP contribution in [0, 0.1) is 23.2 Å². The average molecular weight is 192 g/mol. The van der Waals surface area contributed by atoms with Crippen LogP contribution in [-0.4, -0.2) is 11.6 Å². The van der Waals surface area contributed by atoms with Gasteiger partial charge in [-0.3, -0.25) is 5.32 Å². The van der Waals surface area contributed by atoms with Gasteiger partial charge in [0, 0.05) is 6.04 Å². The zero-order valence-electron chi connectivity index (χ0n) is 9.21. The zero-order valence-corrected chi connectivity index (χ0v) is 9.21. The predicted molar refractivity (Wildman–Crippen MR) is 56.7 cm³/mol. The number of nitriles is 1. The minimum absolute atomic E-state index is 0.209. The second kappa shape index (κ2) is 3.55. The Morgan fingerprint density at radius 1 is 1.29 bits per heavy atom. The van der Waals surface area contributed by atoms with E-state index in [1.807, 2.05) is 0 Å². The highest BCUT2D eigenvalue weighted by Crippen LogP contribution is 2.39. The van der Waals surface area contributed by atoms with Crippen molar-refractivity contribution in [2.24, 2.45) is 11.8 Å². The fourth-order valence-corrected chi connectivity index (χ4v) is 2.65. The highest BCUT2D eigenvalue weighted by atomic mass is 15.0. The maximum atomic E-state index is 9.39. The van der Waals surface area contributed by atoms with Crippen LogP contribution >= 0.6 is 0 Å². The van der Waals surface area contributed by atoms with Crippen molar-refractivity contribution in [1.82, 2.24) is 5.32 Å². The van der Waals surface area contributed by atoms with Crippen molar-refractivity contribution in [1.29, 1.82) is 5.26 Å². The largest absolute Gasteiger partial charge is 0.296 e. The van der Waals surface area contributed by atoms with Crippen molar-refractivity contribution in [3.8, 4) is 6.07 Å². The van der Waals surface area contributed by atoms with Crippen LogP contribution in [0.4, 0.5) is 0 Å². The van der Waals surface area contributed by atoms with E-state index in [0.29, 0.717) is 17.9 Å². The summed E-state index contributed by atoms with van der Waals surface area (Å²) in [7, 11) is 0. The van der Waals surface area contributed by atoms with Crippen molar-refractivity contribution in [3.63, 3.8) is 0 Å². The van der Waals surface area contributed by atoms with Gasteiger partial charge in [-0.2, -0.15) is 5.26 Å². The Morgan fingerprint density at radius 2 is 2.00 bits per heavy atom. The summed E-state index contributed by atoms with van der Waals surface area (Å²) in [6, 6.07) is 3.20. The predicted octanol–water partition coefficient (Wildman–Crippen LogP) is 2.46. The lowest BCUT2D eigenvalue weighted by atomic mass is 9.69. The zero-order chi connectivity index (χ0) is 10.2. The maximum absolute atomic E-state index is 9.39. The van der Waals surface area contributed by atoms with Crippen LogP contribution in [0.3, 0.4) is 0 Å². The number of nitrogens with one attached hydrogen (secondary N) is 1. The van der Waals surface area contributed by atoms with Crippen LogP contribution in [-0.2, 0) is 0 Å². The molecule has 3 unspecified atom stereocenters. The topological polar surface area (TPSA) is 35.8 Å². The molecule has 0 radical (unpaired) electrons. The lowest BCUT2D eigenvalue weighted by molar-refractivity contribution is 0.151. The molecule has 2 heteroatoms. The van der Waals surface area contributed by atoms with Gasteiger partial charge in [-0.1, -0.05) is 26.7 Å². The summed E-state index contributed by atoms with van der Waals surface area (Å²) in [6.45, 7) is 4.52. The first-order valence-electron chi connectivity index (χ1n) is 5.87. The summed E-state index contributed by atoms with van der Waals surface area (Å²) in [5, 5.41) is 13.0. The number of nitrogens with zero attached hydrogens (tertiary/aromatic N) is 1. The molecule has 0 heterocycles. The van der Waals surface area contributed by atoms with E-state index in [1.54, 1.807) is 0 Å². The molecule has 0 aromatic rings. The van der Waals surface area contributed by atoms with Crippen molar-refractivity contribution in [3.05, 3.63) is 0 Å². The van der Waals surface area contributed by atoms with Crippen LogP contribution in [0.15, 0.2) is 0 Å². The smallest absolute Gasteiger partial charge is 0.109 e. The molecule has 3 atom stereocenters. The van der Waals surface area contributed by atoms with E-state index in [4.69, 9.17) is 0 Å². The van der Waals surface area contributed by atoms with Gasteiger partial charge in [0.25, 0.3) is 0 Å². The fourth-order valence-electron chi connectivity index (χ4n) is 2.65. The molecule has 0 aliphatic heterocycles. The summed E-state index contributed by atoms with van der Waals surface area (Å²) in [6.07, 6.45) is 6.08. The molecule has 0 aromatic carbocycles. The van der Waals surface area contributed by atoms with Crippen molar-refractivity contribution in [2.45, 2.75) is 57.5 Å². The van der Waals surface area contributed by atoms with Crippen molar-refractivity contribution < 1.29 is 0 Å². The van der Waals surface area contributed by atoms with E-state index >= 15 is 0 Å². The Bertz CT molecular complexity index is 252. The molecule has 2 nitrogen and oxygen atoms in total. The second-order valence-electron chi connectivity index (χ2n) is 5.16. The van der Waals surface area contributed by atoms with E-state index in [1.165, 1.54) is 25.7 Å². The molecule has 14 heavy (non-hydrogen) atoms. The molecule has 1 N–H and O–H groups in total. The van der Waals surface area contributed by atoms with Crippen LogP contribution in [0.2, 0.25) is 0 Å². The lowest BCUT2D eigenvalue weighted by Gasteiger charge is -2.41. The number of rotatable bonds is 2. The molecular formula is C12H20N2. The Morgan fingerprint density at radius 3 is 2.57 bits per heavy atom. The highest BCUT2D eigenvalue weighted by Gasteiger charge is 2.44. The molecule has 2 aliphatic rings. The monoisotopic (exact) mass is 192 g/mol. The summed E-state index contributed by atoms with van der Waals surface area (Å²) >= 11 is 0. The summed E-state index contributed by atoms with van der Waals surface area (Å²) < 4.78 is 0. The summed E-state index contributed by atoms with van der Waals surface area (Å²) in [5.74, 6) is 1.19. The minimum atomic E-state index is -0.209. The van der Waals surface area contributed by atoms with Gasteiger partial charge < -0.3 is 0 Å². The molecule has 0 bridgehead atoms. The molecular weight excluding hydrogens is 172 g/mol. The lowest BCUT2D eigenvalue weighted by Crippen LogP contribution is -2.54. The summed E-state index contributed by atoms with van der Waals surface area (Å²) in [4.78, 5) is 0. The Hall–Kier alpha value is -0.550. The van der Waals surface area contributed by atoms with Gasteiger partial charge in [0.2, 0.25) is 0 Å². The third kappa shape index (κ3) is 1.66. The number of hydrogen-bond acceptors (Lipinski definition) is 2. The quantitative estimate of drug-likeness (QED) is 0.729. The molecule has 0 amide bonds. The first kappa shape index (κ1) is 9.98. The van der Waals surface area contributed by atoms with Gasteiger partial charge in [0.05, 0.1) is 6.07 Å². The SMILES string of the molecule is CC1CCCC(C#N)(NC2CC2)C1C. The van der Waals surface area contributed by atoms with E-state index in [2.05, 4.69) is 25.2 Å². The minimum Gasteiger partial charge on any atom is -0.296 e. The third-order valence-corrected chi connectivity index (χ3v) is 4.10. The Kier molecular flexibility index (Phi) is 2.53. The first-order chi connectivity index (χ1) is 6.68. The highest BCUT2D eigenvalue weighted by molar-refractivity contribution is 5.14. The molecule has 0 spiro atoms. The van der Waals surface area contributed by atoms with Gasteiger partial charge in [-0.25, -0.2) is 0 Å². The molecule has 2 fully saturated rings. The normalized spacial score (nSPS) is 43.2. The third-order valence-electron chi connectivity index (χ3n) is 4.10. The summed E-state index contributed by atoms with van der Waals surface area (Å²) in [5.41, 5.74) is -0.209. The molecule has 0 aromatic heterocycles. The van der Waals surface area contributed by atoms with Gasteiger partial charge >= 0.3 is 0 Å². The van der Waals surface area contributed by atoms with Gasteiger partial charge in [-0.15, -0.1) is 0 Å². The second-order valence-corrected chi connectivity index (χ2v) is 5.16. The van der Waals surface area contributed by atoms with Crippen LogP contribution < -0.4 is 5.32 Å². The van der Waals surface area contributed by atoms with E-state index in [-0.39, 0.29) is 5.54 Å². The molecule has 2 aliphatic carbocycles. The van der Waals surface area contributed by atoms with Crippen LogP contribution in [0.1, 0.15) is 46.0 Å². The fraction of sp³-hybridized carbons (Fsp3) is 0.917. The van der Waals surface area contributed by atoms with E-state index in [0.717, 1.165) is 6.42 Å². The first-order valence-corrected chi connectivity index (χ1v) is 5.87. The molecule has 2 rings (SSSR count). The maximum Gasteiger partial charge on any atom is 0.109 e. The average Bonchev–Trinajstić information content (AvgIpc) is 2.97. The van der Waals surface area contributed by atoms with Crippen molar-refractivity contribution >= 4 is 0 Å². The number of hydrogen-bond donors (Lipinski definition) is 1. The Labute approximate surface area is 86.7 Å². The van der Waals surface area contributed by atoms with Gasteiger partial charge in [-0.05, 0) is 31.1 Å². The standard InChI is InChI=1S/C12H20N2/c1-9-4-3-7-12(8-13,10(9)2)14-11-5-6-11/h9-11,14H,3-7H2,1-2H3. The van der Waals surface area contributed by atoms with Crippen molar-refractivity contribution in [2.75, 3.05) is 0 Å². The van der Waals surface area contributed by atoms with Crippen LogP contribution in [0.25, 0.3) is 0 Å². The van der Waals surface area contributed by atoms with E-state index < -0.39 is 0 Å². The van der Waals surface area contributed by atoms with Gasteiger partial charge in [0.15, 0.2) is 0 Å².